The van der Waals surface area contributed by atoms with Crippen LogP contribution in [0.4, 0.5) is 5.69 Å². The molecule has 0 atom stereocenters. The van der Waals surface area contributed by atoms with Crippen LogP contribution in [0.2, 0.25) is 0 Å². The Bertz CT molecular complexity index is 1040. The third kappa shape index (κ3) is 5.68. The summed E-state index contributed by atoms with van der Waals surface area (Å²) in [6.07, 6.45) is 2.57. The number of carbonyl (C=O) groups excluding carboxylic acids is 1. The molecule has 0 spiro atoms. The number of benzene rings is 2. The molecule has 9 heteroatoms. The predicted molar refractivity (Wildman–Crippen MR) is 125 cm³/mol. The number of carbonyl (C=O) groups is 2. The molecule has 1 heterocycles. The third-order valence-corrected chi connectivity index (χ3v) is 5.80. The lowest BCUT2D eigenvalue weighted by molar-refractivity contribution is -0.139. The van der Waals surface area contributed by atoms with Crippen molar-refractivity contribution in [3.05, 3.63) is 57.4 Å². The van der Waals surface area contributed by atoms with Crippen LogP contribution in [0, 0.1) is 0 Å². The molecule has 0 aliphatic carbocycles. The summed E-state index contributed by atoms with van der Waals surface area (Å²) in [6, 6.07) is 12.9. The molecule has 0 aromatic heterocycles. The van der Waals surface area contributed by atoms with Crippen LogP contribution in [0.25, 0.3) is 6.08 Å². The summed E-state index contributed by atoms with van der Waals surface area (Å²) in [5, 5.41) is 9.49. The number of aliphatic imine (C=N–C) groups is 1. The number of hydrogen-bond acceptors (Lipinski definition) is 6. The fourth-order valence-electron chi connectivity index (χ4n) is 2.87. The quantitative estimate of drug-likeness (QED) is 0.512. The molecule has 0 unspecified atom stereocenters. The van der Waals surface area contributed by atoms with E-state index in [2.05, 4.69) is 20.9 Å². The van der Waals surface area contributed by atoms with Crippen molar-refractivity contribution in [2.45, 2.75) is 13.3 Å². The summed E-state index contributed by atoms with van der Waals surface area (Å²) < 4.78 is 11.2. The first-order valence-electron chi connectivity index (χ1n) is 9.50. The van der Waals surface area contributed by atoms with Crippen molar-refractivity contribution < 1.29 is 24.2 Å². The van der Waals surface area contributed by atoms with E-state index in [1.165, 1.54) is 18.9 Å². The van der Waals surface area contributed by atoms with Gasteiger partial charge in [0, 0.05) is 6.54 Å². The SMILES string of the molecule is CCCN1C(=O)C(=Cc2cc(Br)c(OCC(=O)O)c(OC)c2)SC1=Nc1ccccc1. The molecule has 1 saturated heterocycles. The summed E-state index contributed by atoms with van der Waals surface area (Å²) >= 11 is 4.71. The predicted octanol–water partition coefficient (Wildman–Crippen LogP) is 4.94. The first kappa shape index (κ1) is 22.9. The number of nitrogens with zero attached hydrogens (tertiary/aromatic N) is 2. The molecule has 1 aliphatic heterocycles. The summed E-state index contributed by atoms with van der Waals surface area (Å²) in [6.45, 7) is 2.09. The average Bonchev–Trinajstić information content (AvgIpc) is 3.02. The maximum Gasteiger partial charge on any atom is 0.341 e. The van der Waals surface area contributed by atoms with Crippen LogP contribution in [-0.4, -0.2) is 47.3 Å². The van der Waals surface area contributed by atoms with Gasteiger partial charge in [-0.2, -0.15) is 0 Å². The highest BCUT2D eigenvalue weighted by Crippen LogP contribution is 2.39. The molecule has 1 amide bonds. The van der Waals surface area contributed by atoms with Crippen LogP contribution in [0.3, 0.4) is 0 Å². The van der Waals surface area contributed by atoms with Gasteiger partial charge in [-0.3, -0.25) is 9.69 Å². The highest BCUT2D eigenvalue weighted by atomic mass is 79.9. The maximum absolute atomic E-state index is 13.0. The van der Waals surface area contributed by atoms with Gasteiger partial charge in [0.1, 0.15) is 0 Å². The lowest BCUT2D eigenvalue weighted by Crippen LogP contribution is -2.29. The second-order valence-electron chi connectivity index (χ2n) is 6.51. The Morgan fingerprint density at radius 1 is 1.29 bits per heavy atom. The molecule has 1 N–H and O–H groups in total. The second-order valence-corrected chi connectivity index (χ2v) is 8.38. The van der Waals surface area contributed by atoms with Crippen molar-refractivity contribution in [2.75, 3.05) is 20.3 Å². The lowest BCUT2D eigenvalue weighted by Gasteiger charge is -2.14. The monoisotopic (exact) mass is 504 g/mol. The number of amides is 1. The number of para-hydroxylation sites is 1. The van der Waals surface area contributed by atoms with Gasteiger partial charge in [-0.1, -0.05) is 25.1 Å². The molecule has 0 bridgehead atoms. The summed E-state index contributed by atoms with van der Waals surface area (Å²) in [5.74, 6) is -0.546. The smallest absolute Gasteiger partial charge is 0.341 e. The van der Waals surface area contributed by atoms with E-state index in [0.29, 0.717) is 32.4 Å². The fraction of sp³-hybridized carbons (Fsp3) is 0.227. The zero-order valence-corrected chi connectivity index (χ0v) is 19.4. The van der Waals surface area contributed by atoms with Crippen LogP contribution in [0.15, 0.2) is 56.8 Å². The zero-order chi connectivity index (χ0) is 22.4. The molecule has 7 nitrogen and oxygen atoms in total. The molecule has 0 saturated carbocycles. The van der Waals surface area contributed by atoms with Crippen LogP contribution >= 0.6 is 27.7 Å². The van der Waals surface area contributed by atoms with Gasteiger partial charge in [-0.05, 0) is 70.0 Å². The van der Waals surface area contributed by atoms with Gasteiger partial charge in [-0.25, -0.2) is 9.79 Å². The van der Waals surface area contributed by atoms with Gasteiger partial charge < -0.3 is 14.6 Å². The molecule has 162 valence electrons. The first-order valence-corrected chi connectivity index (χ1v) is 11.1. The first-order chi connectivity index (χ1) is 14.9. The van der Waals surface area contributed by atoms with E-state index < -0.39 is 12.6 Å². The highest BCUT2D eigenvalue weighted by Gasteiger charge is 2.32. The standard InChI is InChI=1S/C22H21BrN2O5S/c1-3-9-25-21(28)18(31-22(25)24-15-7-5-4-6-8-15)12-14-10-16(23)20(17(11-14)29-2)30-13-19(26)27/h4-8,10-12H,3,9,13H2,1-2H3,(H,26,27). The van der Waals surface area contributed by atoms with Crippen molar-refractivity contribution in [1.29, 1.82) is 0 Å². The zero-order valence-electron chi connectivity index (χ0n) is 17.0. The van der Waals surface area contributed by atoms with E-state index in [0.717, 1.165) is 12.1 Å². The maximum atomic E-state index is 13.0. The number of carboxylic acid groups (broad SMARTS) is 1. The van der Waals surface area contributed by atoms with Crippen molar-refractivity contribution in [2.24, 2.45) is 4.99 Å². The van der Waals surface area contributed by atoms with E-state index in [9.17, 15) is 9.59 Å². The largest absolute Gasteiger partial charge is 0.493 e. The number of ether oxygens (including phenoxy) is 2. The van der Waals surface area contributed by atoms with E-state index in [1.807, 2.05) is 37.3 Å². The molecular weight excluding hydrogens is 484 g/mol. The molecule has 2 aromatic rings. The Labute approximate surface area is 192 Å². The number of halogens is 1. The number of thioether (sulfide) groups is 1. The lowest BCUT2D eigenvalue weighted by atomic mass is 10.2. The van der Waals surface area contributed by atoms with Gasteiger partial charge >= 0.3 is 5.97 Å². The van der Waals surface area contributed by atoms with Crippen molar-refractivity contribution in [3.8, 4) is 11.5 Å². The molecule has 0 radical (unpaired) electrons. The van der Waals surface area contributed by atoms with E-state index in [4.69, 9.17) is 14.6 Å². The van der Waals surface area contributed by atoms with Crippen molar-refractivity contribution >= 4 is 56.5 Å². The van der Waals surface area contributed by atoms with Gasteiger partial charge in [0.2, 0.25) is 0 Å². The normalized spacial score (nSPS) is 16.2. The van der Waals surface area contributed by atoms with Gasteiger partial charge in [0.05, 0.1) is 22.2 Å². The second kappa shape index (κ2) is 10.5. The number of amidine groups is 1. The van der Waals surface area contributed by atoms with Crippen LogP contribution in [-0.2, 0) is 9.59 Å². The minimum Gasteiger partial charge on any atom is -0.493 e. The number of carboxylic acids is 1. The summed E-state index contributed by atoms with van der Waals surface area (Å²) in [7, 11) is 1.47. The van der Waals surface area contributed by atoms with Crippen LogP contribution < -0.4 is 9.47 Å². The summed E-state index contributed by atoms with van der Waals surface area (Å²) in [5.41, 5.74) is 1.49. The minimum absolute atomic E-state index is 0.108. The topological polar surface area (TPSA) is 88.4 Å². The number of aliphatic carboxylic acids is 1. The van der Waals surface area contributed by atoms with Gasteiger partial charge in [-0.15, -0.1) is 0 Å². The van der Waals surface area contributed by atoms with Crippen LogP contribution in [0.1, 0.15) is 18.9 Å². The Morgan fingerprint density at radius 3 is 2.68 bits per heavy atom. The molecule has 2 aromatic carbocycles. The minimum atomic E-state index is -1.09. The Kier molecular flexibility index (Phi) is 7.75. The van der Waals surface area contributed by atoms with Crippen molar-refractivity contribution in [1.82, 2.24) is 4.90 Å². The van der Waals surface area contributed by atoms with Gasteiger partial charge in [0.25, 0.3) is 5.91 Å². The Morgan fingerprint density at radius 2 is 2.03 bits per heavy atom. The summed E-state index contributed by atoms with van der Waals surface area (Å²) in [4.78, 5) is 30.7. The van der Waals surface area contributed by atoms with E-state index in [-0.39, 0.29) is 11.7 Å². The molecule has 31 heavy (non-hydrogen) atoms. The third-order valence-electron chi connectivity index (χ3n) is 4.21. The fourth-order valence-corrected chi connectivity index (χ4v) is 4.47. The Balaban J connectivity index is 1.93. The number of hydrogen-bond donors (Lipinski definition) is 1. The van der Waals surface area contributed by atoms with E-state index >= 15 is 0 Å². The van der Waals surface area contributed by atoms with Gasteiger partial charge in [0.15, 0.2) is 23.3 Å². The molecular formula is C22H21BrN2O5S. The van der Waals surface area contributed by atoms with Crippen molar-refractivity contribution in [3.63, 3.8) is 0 Å². The molecule has 3 rings (SSSR count). The number of methoxy groups -OCH3 is 1. The van der Waals surface area contributed by atoms with Crippen LogP contribution in [0.5, 0.6) is 11.5 Å². The highest BCUT2D eigenvalue weighted by molar-refractivity contribution is 9.10. The Hall–Kier alpha value is -2.78. The number of rotatable bonds is 8. The molecule has 1 fully saturated rings. The van der Waals surface area contributed by atoms with E-state index in [1.54, 1.807) is 23.1 Å². The average molecular weight is 505 g/mol. The molecule has 1 aliphatic rings.